The van der Waals surface area contributed by atoms with Gasteiger partial charge in [0.1, 0.15) is 0 Å². The second-order valence-corrected chi connectivity index (χ2v) is 5.44. The van der Waals surface area contributed by atoms with Crippen LogP contribution in [0.15, 0.2) is 24.4 Å². The molecule has 0 saturated carbocycles. The second-order valence-electron chi connectivity index (χ2n) is 5.44. The lowest BCUT2D eigenvalue weighted by atomic mass is 10.1. The molecule has 1 aromatic carbocycles. The summed E-state index contributed by atoms with van der Waals surface area (Å²) in [7, 11) is 0. The lowest BCUT2D eigenvalue weighted by Crippen LogP contribution is -2.18. The number of hydrogen-bond acceptors (Lipinski definition) is 2. The first kappa shape index (κ1) is 12.7. The van der Waals surface area contributed by atoms with Crippen molar-refractivity contribution >= 4 is 10.9 Å². The fourth-order valence-electron chi connectivity index (χ4n) is 3.25. The summed E-state index contributed by atoms with van der Waals surface area (Å²) in [5.74, 6) is 0. The van der Waals surface area contributed by atoms with Crippen LogP contribution in [-0.4, -0.2) is 22.6 Å². The minimum Gasteiger partial charge on any atom is -0.347 e. The Bertz CT molecular complexity index is 565. The number of fused-ring (bicyclic) bond motifs is 1. The van der Waals surface area contributed by atoms with E-state index >= 15 is 0 Å². The lowest BCUT2D eigenvalue weighted by Gasteiger charge is -2.14. The topological polar surface area (TPSA) is 34.2 Å². The first-order valence-corrected chi connectivity index (χ1v) is 7.35. The number of likely N-dealkylation sites (tertiary alicyclic amines) is 1. The van der Waals surface area contributed by atoms with Gasteiger partial charge in [-0.05, 0) is 50.0 Å². The predicted octanol–water partition coefficient (Wildman–Crippen LogP) is 2.72. The number of nitrogens with zero attached hydrogens (tertiary/aromatic N) is 2. The maximum atomic E-state index is 5.92. The van der Waals surface area contributed by atoms with Crippen LogP contribution < -0.4 is 5.73 Å². The van der Waals surface area contributed by atoms with Gasteiger partial charge in [-0.3, -0.25) is 4.90 Å². The number of aromatic nitrogens is 1. The molecule has 19 heavy (non-hydrogen) atoms. The Balaban J connectivity index is 2.06. The zero-order valence-corrected chi connectivity index (χ0v) is 11.7. The van der Waals surface area contributed by atoms with Gasteiger partial charge in [-0.1, -0.05) is 12.1 Å². The standard InChI is InChI=1S/C16H23N3/c1-2-19-12-14(11-18-8-3-4-9-18)16-13(10-17)6-5-7-15(16)19/h5-7,12H,2-4,8-11,17H2,1H3. The highest BCUT2D eigenvalue weighted by molar-refractivity contribution is 5.87. The third-order valence-corrected chi connectivity index (χ3v) is 4.22. The number of benzene rings is 1. The van der Waals surface area contributed by atoms with Crippen LogP contribution in [0.1, 0.15) is 30.9 Å². The fraction of sp³-hybridized carbons (Fsp3) is 0.500. The Morgan fingerprint density at radius 3 is 2.63 bits per heavy atom. The molecule has 2 N–H and O–H groups in total. The fourth-order valence-corrected chi connectivity index (χ4v) is 3.25. The molecule has 0 spiro atoms. The van der Waals surface area contributed by atoms with Crippen molar-refractivity contribution in [1.82, 2.24) is 9.47 Å². The van der Waals surface area contributed by atoms with Crippen molar-refractivity contribution in [1.29, 1.82) is 0 Å². The van der Waals surface area contributed by atoms with Crippen molar-refractivity contribution in [2.24, 2.45) is 5.73 Å². The van der Waals surface area contributed by atoms with E-state index in [9.17, 15) is 0 Å². The van der Waals surface area contributed by atoms with E-state index < -0.39 is 0 Å². The Morgan fingerprint density at radius 2 is 1.95 bits per heavy atom. The van der Waals surface area contributed by atoms with E-state index in [1.54, 1.807) is 0 Å². The minimum atomic E-state index is 0.623. The maximum absolute atomic E-state index is 5.92. The predicted molar refractivity (Wildman–Crippen MR) is 80.0 cm³/mol. The molecule has 1 aliphatic rings. The molecule has 0 atom stereocenters. The molecule has 0 unspecified atom stereocenters. The Kier molecular flexibility index (Phi) is 3.58. The molecule has 102 valence electrons. The molecule has 3 heteroatoms. The van der Waals surface area contributed by atoms with Gasteiger partial charge in [0, 0.05) is 36.7 Å². The first-order chi connectivity index (χ1) is 9.33. The highest BCUT2D eigenvalue weighted by atomic mass is 15.1. The lowest BCUT2D eigenvalue weighted by molar-refractivity contribution is 0.332. The Labute approximate surface area is 115 Å². The summed E-state index contributed by atoms with van der Waals surface area (Å²) in [6.45, 7) is 7.39. The van der Waals surface area contributed by atoms with Gasteiger partial charge in [-0.25, -0.2) is 0 Å². The summed E-state index contributed by atoms with van der Waals surface area (Å²) >= 11 is 0. The normalized spacial score (nSPS) is 16.5. The summed E-state index contributed by atoms with van der Waals surface area (Å²) < 4.78 is 2.35. The van der Waals surface area contributed by atoms with E-state index in [2.05, 4.69) is 40.8 Å². The smallest absolute Gasteiger partial charge is 0.0486 e. The van der Waals surface area contributed by atoms with Crippen LogP contribution >= 0.6 is 0 Å². The number of nitrogens with two attached hydrogens (primary N) is 1. The molecule has 0 aliphatic carbocycles. The third-order valence-electron chi connectivity index (χ3n) is 4.22. The van der Waals surface area contributed by atoms with Gasteiger partial charge in [-0.2, -0.15) is 0 Å². The van der Waals surface area contributed by atoms with Crippen LogP contribution in [0.4, 0.5) is 0 Å². The summed E-state index contributed by atoms with van der Waals surface area (Å²) in [4.78, 5) is 2.56. The summed E-state index contributed by atoms with van der Waals surface area (Å²) in [6.07, 6.45) is 5.01. The van der Waals surface area contributed by atoms with Crippen molar-refractivity contribution in [3.63, 3.8) is 0 Å². The molecular formula is C16H23N3. The number of aryl methyl sites for hydroxylation is 1. The van der Waals surface area contributed by atoms with Gasteiger partial charge in [0.2, 0.25) is 0 Å². The summed E-state index contributed by atoms with van der Waals surface area (Å²) in [5.41, 5.74) is 9.97. The zero-order chi connectivity index (χ0) is 13.2. The number of rotatable bonds is 4. The molecule has 0 amide bonds. The molecule has 1 aliphatic heterocycles. The molecule has 0 bridgehead atoms. The van der Waals surface area contributed by atoms with Crippen molar-refractivity contribution in [3.8, 4) is 0 Å². The average Bonchev–Trinajstić information content (AvgIpc) is 3.07. The van der Waals surface area contributed by atoms with Gasteiger partial charge in [0.15, 0.2) is 0 Å². The summed E-state index contributed by atoms with van der Waals surface area (Å²) in [6, 6.07) is 6.50. The van der Waals surface area contributed by atoms with Crippen LogP contribution in [0.25, 0.3) is 10.9 Å². The first-order valence-electron chi connectivity index (χ1n) is 7.35. The zero-order valence-electron chi connectivity index (χ0n) is 11.7. The van der Waals surface area contributed by atoms with Crippen molar-refractivity contribution in [3.05, 3.63) is 35.5 Å². The molecule has 3 nitrogen and oxygen atoms in total. The van der Waals surface area contributed by atoms with E-state index in [0.29, 0.717) is 6.54 Å². The van der Waals surface area contributed by atoms with Crippen LogP contribution in [0.2, 0.25) is 0 Å². The van der Waals surface area contributed by atoms with Crippen LogP contribution in [0.3, 0.4) is 0 Å². The Morgan fingerprint density at radius 1 is 1.16 bits per heavy atom. The molecule has 2 heterocycles. The maximum Gasteiger partial charge on any atom is 0.0486 e. The average molecular weight is 257 g/mol. The largest absolute Gasteiger partial charge is 0.347 e. The van der Waals surface area contributed by atoms with Crippen molar-refractivity contribution in [2.75, 3.05) is 13.1 Å². The van der Waals surface area contributed by atoms with E-state index in [0.717, 1.165) is 13.1 Å². The second kappa shape index (κ2) is 5.35. The SMILES string of the molecule is CCn1cc(CN2CCCC2)c2c(CN)cccc21. The van der Waals surface area contributed by atoms with Crippen LogP contribution in [0.5, 0.6) is 0 Å². The van der Waals surface area contributed by atoms with E-state index in [4.69, 9.17) is 5.73 Å². The van der Waals surface area contributed by atoms with E-state index in [1.807, 2.05) is 0 Å². The van der Waals surface area contributed by atoms with Gasteiger partial charge in [-0.15, -0.1) is 0 Å². The van der Waals surface area contributed by atoms with Crippen LogP contribution in [-0.2, 0) is 19.6 Å². The van der Waals surface area contributed by atoms with Gasteiger partial charge in [0.05, 0.1) is 0 Å². The molecule has 0 radical (unpaired) electrons. The van der Waals surface area contributed by atoms with E-state index in [1.165, 1.54) is 48.0 Å². The quantitative estimate of drug-likeness (QED) is 0.914. The van der Waals surface area contributed by atoms with Crippen LogP contribution in [0, 0.1) is 0 Å². The van der Waals surface area contributed by atoms with Gasteiger partial charge < -0.3 is 10.3 Å². The molecule has 1 saturated heterocycles. The third kappa shape index (κ3) is 2.28. The van der Waals surface area contributed by atoms with E-state index in [-0.39, 0.29) is 0 Å². The highest BCUT2D eigenvalue weighted by Gasteiger charge is 2.16. The molecule has 1 fully saturated rings. The molecular weight excluding hydrogens is 234 g/mol. The monoisotopic (exact) mass is 257 g/mol. The van der Waals surface area contributed by atoms with Crippen molar-refractivity contribution < 1.29 is 0 Å². The number of hydrogen-bond donors (Lipinski definition) is 1. The Hall–Kier alpha value is -1.32. The van der Waals surface area contributed by atoms with Gasteiger partial charge >= 0.3 is 0 Å². The highest BCUT2D eigenvalue weighted by Crippen LogP contribution is 2.27. The molecule has 2 aromatic rings. The van der Waals surface area contributed by atoms with Crippen molar-refractivity contribution in [2.45, 2.75) is 39.4 Å². The molecule has 3 rings (SSSR count). The van der Waals surface area contributed by atoms with Gasteiger partial charge in [0.25, 0.3) is 0 Å². The molecule has 1 aromatic heterocycles. The minimum absolute atomic E-state index is 0.623. The summed E-state index contributed by atoms with van der Waals surface area (Å²) in [5, 5.41) is 1.39.